The summed E-state index contributed by atoms with van der Waals surface area (Å²) in [5, 5.41) is 3.13. The van der Waals surface area contributed by atoms with Crippen molar-refractivity contribution in [3.8, 4) is 0 Å². The number of nitrogens with zero attached hydrogens (tertiary/aromatic N) is 1. The molecule has 1 aromatic carbocycles. The molecule has 1 rings (SSSR count). The molecule has 0 aliphatic rings. The number of aryl methyl sites for hydroxylation is 1. The van der Waals surface area contributed by atoms with Crippen LogP contribution in [0, 0.1) is 6.92 Å². The summed E-state index contributed by atoms with van der Waals surface area (Å²) in [7, 11) is 3.39. The van der Waals surface area contributed by atoms with Gasteiger partial charge in [0.05, 0.1) is 7.11 Å². The highest BCUT2D eigenvalue weighted by Crippen LogP contribution is 2.14. The fraction of sp³-hybridized carbons (Fsp3) is 0.500. The molecule has 100 valence electrons. The molecule has 0 bridgehead atoms. The first kappa shape index (κ1) is 14.5. The van der Waals surface area contributed by atoms with Gasteiger partial charge in [-0.3, -0.25) is 4.79 Å². The number of likely N-dealkylation sites (N-methyl/N-ethyl adjacent to an activating group) is 2. The number of esters is 1. The van der Waals surface area contributed by atoms with Crippen LogP contribution in [0.1, 0.15) is 12.5 Å². The molecule has 0 amide bonds. The quantitative estimate of drug-likeness (QED) is 0.778. The first-order valence-corrected chi connectivity index (χ1v) is 6.17. The second-order valence-corrected chi connectivity index (χ2v) is 4.35. The summed E-state index contributed by atoms with van der Waals surface area (Å²) in [6.07, 6.45) is 0. The molecule has 4 nitrogen and oxygen atoms in total. The Kier molecular flexibility index (Phi) is 5.65. The van der Waals surface area contributed by atoms with Crippen molar-refractivity contribution in [1.82, 2.24) is 5.32 Å². The van der Waals surface area contributed by atoms with Crippen LogP contribution >= 0.6 is 0 Å². The smallest absolute Gasteiger partial charge is 0.324 e. The summed E-state index contributed by atoms with van der Waals surface area (Å²) < 4.78 is 4.80. The minimum atomic E-state index is -0.300. The fourth-order valence-corrected chi connectivity index (χ4v) is 1.86. The van der Waals surface area contributed by atoms with Gasteiger partial charge in [0.15, 0.2) is 0 Å². The Morgan fingerprint density at radius 2 is 2.22 bits per heavy atom. The van der Waals surface area contributed by atoms with Gasteiger partial charge in [-0.05, 0) is 31.2 Å². The molecule has 0 radical (unpaired) electrons. The number of carbonyl (C=O) groups is 1. The van der Waals surface area contributed by atoms with E-state index in [1.54, 1.807) is 0 Å². The SMILES string of the molecule is CCNC(CN(C)c1cccc(C)c1)C(=O)OC. The van der Waals surface area contributed by atoms with E-state index < -0.39 is 0 Å². The Hall–Kier alpha value is -1.55. The molecule has 0 aromatic heterocycles. The van der Waals surface area contributed by atoms with E-state index in [9.17, 15) is 4.79 Å². The minimum absolute atomic E-state index is 0.226. The van der Waals surface area contributed by atoms with Crippen molar-refractivity contribution in [3.05, 3.63) is 29.8 Å². The lowest BCUT2D eigenvalue weighted by Gasteiger charge is -2.25. The van der Waals surface area contributed by atoms with Gasteiger partial charge in [0.2, 0.25) is 0 Å². The zero-order valence-corrected chi connectivity index (χ0v) is 11.6. The molecule has 18 heavy (non-hydrogen) atoms. The Morgan fingerprint density at radius 3 is 2.78 bits per heavy atom. The number of ether oxygens (including phenoxy) is 1. The van der Waals surface area contributed by atoms with Gasteiger partial charge in [-0.1, -0.05) is 19.1 Å². The summed E-state index contributed by atoms with van der Waals surface area (Å²) in [4.78, 5) is 13.7. The van der Waals surface area contributed by atoms with Crippen molar-refractivity contribution in [2.24, 2.45) is 0 Å². The topological polar surface area (TPSA) is 41.6 Å². The molecule has 0 heterocycles. The number of benzene rings is 1. The highest BCUT2D eigenvalue weighted by molar-refractivity contribution is 5.76. The van der Waals surface area contributed by atoms with Gasteiger partial charge in [0.25, 0.3) is 0 Å². The van der Waals surface area contributed by atoms with Crippen LogP contribution in [-0.2, 0) is 9.53 Å². The third-order valence-corrected chi connectivity index (χ3v) is 2.84. The zero-order chi connectivity index (χ0) is 13.5. The number of hydrogen-bond donors (Lipinski definition) is 1. The molecule has 0 fully saturated rings. The number of anilines is 1. The molecule has 0 spiro atoms. The van der Waals surface area contributed by atoms with Crippen LogP contribution in [0.15, 0.2) is 24.3 Å². The summed E-state index contributed by atoms with van der Waals surface area (Å²) >= 11 is 0. The van der Waals surface area contributed by atoms with Gasteiger partial charge in [-0.25, -0.2) is 0 Å². The third kappa shape index (κ3) is 4.04. The van der Waals surface area contributed by atoms with Crippen LogP contribution in [0.25, 0.3) is 0 Å². The maximum Gasteiger partial charge on any atom is 0.324 e. The second-order valence-electron chi connectivity index (χ2n) is 4.35. The fourth-order valence-electron chi connectivity index (χ4n) is 1.86. The first-order valence-electron chi connectivity index (χ1n) is 6.17. The van der Waals surface area contributed by atoms with Crippen LogP contribution in [0.2, 0.25) is 0 Å². The van der Waals surface area contributed by atoms with Gasteiger partial charge in [0.1, 0.15) is 6.04 Å². The third-order valence-electron chi connectivity index (χ3n) is 2.84. The van der Waals surface area contributed by atoms with E-state index in [4.69, 9.17) is 4.74 Å². The van der Waals surface area contributed by atoms with Crippen LogP contribution in [0.5, 0.6) is 0 Å². The molecule has 0 saturated heterocycles. The molecule has 0 aliphatic heterocycles. The summed E-state index contributed by atoms with van der Waals surface area (Å²) in [6, 6.07) is 7.90. The number of rotatable bonds is 6. The maximum atomic E-state index is 11.6. The van der Waals surface area contributed by atoms with Crippen molar-refractivity contribution in [1.29, 1.82) is 0 Å². The minimum Gasteiger partial charge on any atom is -0.468 e. The Bertz CT molecular complexity index is 393. The summed E-state index contributed by atoms with van der Waals surface area (Å²) in [5.41, 5.74) is 2.30. The number of hydrogen-bond acceptors (Lipinski definition) is 4. The predicted octanol–water partition coefficient (Wildman–Crippen LogP) is 1.58. The highest BCUT2D eigenvalue weighted by atomic mass is 16.5. The van der Waals surface area contributed by atoms with E-state index in [2.05, 4.69) is 29.3 Å². The van der Waals surface area contributed by atoms with Gasteiger partial charge < -0.3 is 15.0 Å². The molecule has 1 unspecified atom stereocenters. The van der Waals surface area contributed by atoms with Gasteiger partial charge >= 0.3 is 5.97 Å². The lowest BCUT2D eigenvalue weighted by atomic mass is 10.2. The lowest BCUT2D eigenvalue weighted by molar-refractivity contribution is -0.142. The van der Waals surface area contributed by atoms with Crippen molar-refractivity contribution < 1.29 is 9.53 Å². The standard InChI is InChI=1S/C14H22N2O2/c1-5-15-13(14(17)18-4)10-16(3)12-8-6-7-11(2)9-12/h6-9,13,15H,5,10H2,1-4H3. The molecular formula is C14H22N2O2. The van der Waals surface area contributed by atoms with Crippen molar-refractivity contribution in [2.45, 2.75) is 19.9 Å². The van der Waals surface area contributed by atoms with E-state index in [-0.39, 0.29) is 12.0 Å². The molecule has 0 aliphatic carbocycles. The molecule has 1 aromatic rings. The average molecular weight is 250 g/mol. The van der Waals surface area contributed by atoms with E-state index in [1.807, 2.05) is 26.1 Å². The molecular weight excluding hydrogens is 228 g/mol. The molecule has 0 saturated carbocycles. The normalized spacial score (nSPS) is 12.0. The average Bonchev–Trinajstić information content (AvgIpc) is 2.37. The number of methoxy groups -OCH3 is 1. The van der Waals surface area contributed by atoms with Crippen LogP contribution < -0.4 is 10.2 Å². The predicted molar refractivity (Wildman–Crippen MR) is 73.9 cm³/mol. The molecule has 1 atom stereocenters. The first-order chi connectivity index (χ1) is 8.58. The number of nitrogens with one attached hydrogen (secondary N) is 1. The van der Waals surface area contributed by atoms with Crippen LogP contribution in [0.3, 0.4) is 0 Å². The second kappa shape index (κ2) is 7.01. The van der Waals surface area contributed by atoms with E-state index in [0.29, 0.717) is 6.54 Å². The van der Waals surface area contributed by atoms with Crippen LogP contribution in [0.4, 0.5) is 5.69 Å². The van der Waals surface area contributed by atoms with Crippen molar-refractivity contribution in [3.63, 3.8) is 0 Å². The zero-order valence-electron chi connectivity index (χ0n) is 11.6. The van der Waals surface area contributed by atoms with Gasteiger partial charge in [-0.15, -0.1) is 0 Å². The summed E-state index contributed by atoms with van der Waals surface area (Å²) in [5.74, 6) is -0.226. The number of carbonyl (C=O) groups excluding carboxylic acids is 1. The van der Waals surface area contributed by atoms with Crippen molar-refractivity contribution >= 4 is 11.7 Å². The van der Waals surface area contributed by atoms with E-state index in [1.165, 1.54) is 12.7 Å². The molecule has 1 N–H and O–H groups in total. The van der Waals surface area contributed by atoms with E-state index >= 15 is 0 Å². The Morgan fingerprint density at radius 1 is 1.50 bits per heavy atom. The highest BCUT2D eigenvalue weighted by Gasteiger charge is 2.19. The molecule has 4 heteroatoms. The largest absolute Gasteiger partial charge is 0.468 e. The van der Waals surface area contributed by atoms with Crippen molar-refractivity contribution in [2.75, 3.05) is 32.1 Å². The lowest BCUT2D eigenvalue weighted by Crippen LogP contribution is -2.45. The maximum absolute atomic E-state index is 11.6. The summed E-state index contributed by atoms with van der Waals surface area (Å²) in [6.45, 7) is 5.35. The van der Waals surface area contributed by atoms with E-state index in [0.717, 1.165) is 12.2 Å². The Balaban J connectivity index is 2.71. The van der Waals surface area contributed by atoms with Gasteiger partial charge in [0, 0.05) is 19.3 Å². The monoisotopic (exact) mass is 250 g/mol. The van der Waals surface area contributed by atoms with Gasteiger partial charge in [-0.2, -0.15) is 0 Å². The Labute approximate surface area is 109 Å². The van der Waals surface area contributed by atoms with Crippen LogP contribution in [-0.4, -0.2) is 39.3 Å².